The van der Waals surface area contributed by atoms with E-state index < -0.39 is 6.10 Å². The lowest BCUT2D eigenvalue weighted by molar-refractivity contribution is -0.125. The van der Waals surface area contributed by atoms with Gasteiger partial charge < -0.3 is 19.5 Å². The summed E-state index contributed by atoms with van der Waals surface area (Å²) in [5.74, 6) is 1.06. The van der Waals surface area contributed by atoms with Gasteiger partial charge in [-0.2, -0.15) is 0 Å². The summed E-state index contributed by atoms with van der Waals surface area (Å²) in [6.45, 7) is 4.47. The molecule has 136 valence electrons. The molecule has 6 nitrogen and oxygen atoms in total. The first-order valence-electron chi connectivity index (χ1n) is 8.86. The summed E-state index contributed by atoms with van der Waals surface area (Å²) in [5, 5.41) is 2.93. The van der Waals surface area contributed by atoms with Gasteiger partial charge in [-0.05, 0) is 29.8 Å². The Hall–Kier alpha value is -2.57. The van der Waals surface area contributed by atoms with Crippen molar-refractivity contribution < 1.29 is 19.0 Å². The number of benzene rings is 2. The molecule has 1 atom stereocenters. The van der Waals surface area contributed by atoms with Crippen LogP contribution in [0.1, 0.15) is 5.56 Å². The molecule has 1 unspecified atom stereocenters. The lowest BCUT2D eigenvalue weighted by Gasteiger charge is -2.27. The van der Waals surface area contributed by atoms with Gasteiger partial charge >= 0.3 is 0 Å². The fourth-order valence-electron chi connectivity index (χ4n) is 3.14. The second-order valence-electron chi connectivity index (χ2n) is 6.44. The number of nitrogens with zero attached hydrogens (tertiary/aromatic N) is 1. The molecular weight excluding hydrogens is 332 g/mol. The molecule has 6 heteroatoms. The highest BCUT2D eigenvalue weighted by Crippen LogP contribution is 2.31. The van der Waals surface area contributed by atoms with Gasteiger partial charge in [0, 0.05) is 25.3 Å². The number of morpholine rings is 1. The van der Waals surface area contributed by atoms with Gasteiger partial charge in [0.1, 0.15) is 6.61 Å². The Morgan fingerprint density at radius 3 is 2.73 bits per heavy atom. The summed E-state index contributed by atoms with van der Waals surface area (Å²) in [6, 6.07) is 15.3. The highest BCUT2D eigenvalue weighted by atomic mass is 16.6. The first kappa shape index (κ1) is 16.9. The van der Waals surface area contributed by atoms with Gasteiger partial charge in [0.15, 0.2) is 11.5 Å². The standard InChI is InChI=1S/C20H22N2O4/c23-20(19-14-25-17-6-1-2-7-18(17)26-19)21-16-5-3-4-15(12-16)13-22-8-10-24-11-9-22/h1-7,12,19H,8-11,13-14H2,(H,21,23). The predicted molar refractivity (Wildman–Crippen MR) is 97.5 cm³/mol. The van der Waals surface area contributed by atoms with Crippen LogP contribution in [0.25, 0.3) is 0 Å². The van der Waals surface area contributed by atoms with Crippen LogP contribution in [-0.2, 0) is 16.1 Å². The van der Waals surface area contributed by atoms with Crippen LogP contribution in [0.4, 0.5) is 5.69 Å². The van der Waals surface area contributed by atoms with Gasteiger partial charge in [-0.15, -0.1) is 0 Å². The summed E-state index contributed by atoms with van der Waals surface area (Å²) < 4.78 is 16.8. The Morgan fingerprint density at radius 2 is 1.88 bits per heavy atom. The molecule has 2 aromatic rings. The Labute approximate surface area is 152 Å². The molecule has 2 aliphatic rings. The molecule has 1 fully saturated rings. The van der Waals surface area contributed by atoms with Gasteiger partial charge in [-0.3, -0.25) is 9.69 Å². The second-order valence-corrected chi connectivity index (χ2v) is 6.44. The van der Waals surface area contributed by atoms with Gasteiger partial charge in [-0.1, -0.05) is 24.3 Å². The SMILES string of the molecule is O=C(Nc1cccc(CN2CCOCC2)c1)C1COc2ccccc2O1. The van der Waals surface area contributed by atoms with E-state index in [2.05, 4.69) is 16.3 Å². The summed E-state index contributed by atoms with van der Waals surface area (Å²) in [4.78, 5) is 14.9. The number of carbonyl (C=O) groups excluding carboxylic acids is 1. The molecule has 4 rings (SSSR count). The lowest BCUT2D eigenvalue weighted by atomic mass is 10.1. The van der Waals surface area contributed by atoms with E-state index >= 15 is 0 Å². The molecule has 26 heavy (non-hydrogen) atoms. The number of carbonyl (C=O) groups is 1. The third-order valence-corrected chi connectivity index (χ3v) is 4.51. The van der Waals surface area contributed by atoms with Crippen molar-refractivity contribution in [1.82, 2.24) is 4.90 Å². The van der Waals surface area contributed by atoms with E-state index in [0.29, 0.717) is 11.5 Å². The highest BCUT2D eigenvalue weighted by molar-refractivity contribution is 5.94. The minimum Gasteiger partial charge on any atom is -0.485 e. The molecular formula is C20H22N2O4. The Morgan fingerprint density at radius 1 is 1.08 bits per heavy atom. The maximum Gasteiger partial charge on any atom is 0.269 e. The molecule has 2 heterocycles. The van der Waals surface area contributed by atoms with E-state index in [1.165, 1.54) is 0 Å². The zero-order chi connectivity index (χ0) is 17.8. The number of amides is 1. The van der Waals surface area contributed by atoms with Crippen molar-refractivity contribution in [3.63, 3.8) is 0 Å². The molecule has 2 aromatic carbocycles. The third-order valence-electron chi connectivity index (χ3n) is 4.51. The van der Waals surface area contributed by atoms with Gasteiger partial charge in [0.2, 0.25) is 6.10 Å². The largest absolute Gasteiger partial charge is 0.485 e. The maximum atomic E-state index is 12.5. The number of para-hydroxylation sites is 2. The molecule has 0 bridgehead atoms. The van der Waals surface area contributed by atoms with E-state index in [0.717, 1.165) is 44.1 Å². The molecule has 0 saturated carbocycles. The number of hydrogen-bond donors (Lipinski definition) is 1. The molecule has 0 aliphatic carbocycles. The Kier molecular flexibility index (Phi) is 5.04. The number of fused-ring (bicyclic) bond motifs is 1. The fourth-order valence-corrected chi connectivity index (χ4v) is 3.14. The maximum absolute atomic E-state index is 12.5. The zero-order valence-electron chi connectivity index (χ0n) is 14.5. The molecule has 1 amide bonds. The van der Waals surface area contributed by atoms with E-state index in [4.69, 9.17) is 14.2 Å². The van der Waals surface area contributed by atoms with Crippen molar-refractivity contribution in [2.45, 2.75) is 12.6 Å². The third kappa shape index (κ3) is 3.98. The minimum absolute atomic E-state index is 0.205. The topological polar surface area (TPSA) is 60.0 Å². The van der Waals surface area contributed by atoms with Crippen LogP contribution in [0.3, 0.4) is 0 Å². The van der Waals surface area contributed by atoms with Gasteiger partial charge in [0.25, 0.3) is 5.91 Å². The van der Waals surface area contributed by atoms with Crippen molar-refractivity contribution in [3.8, 4) is 11.5 Å². The van der Waals surface area contributed by atoms with Crippen LogP contribution >= 0.6 is 0 Å². The van der Waals surface area contributed by atoms with Crippen molar-refractivity contribution in [3.05, 3.63) is 54.1 Å². The minimum atomic E-state index is -0.659. The fraction of sp³-hybridized carbons (Fsp3) is 0.350. The van der Waals surface area contributed by atoms with E-state index in [-0.39, 0.29) is 12.5 Å². The van der Waals surface area contributed by atoms with Crippen LogP contribution in [0.15, 0.2) is 48.5 Å². The molecule has 1 N–H and O–H groups in total. The van der Waals surface area contributed by atoms with Crippen LogP contribution in [0.2, 0.25) is 0 Å². The van der Waals surface area contributed by atoms with Crippen LogP contribution in [0, 0.1) is 0 Å². The van der Waals surface area contributed by atoms with E-state index in [1.54, 1.807) is 6.07 Å². The number of ether oxygens (including phenoxy) is 3. The molecule has 0 radical (unpaired) electrons. The average molecular weight is 354 g/mol. The molecule has 0 aromatic heterocycles. The molecule has 1 saturated heterocycles. The van der Waals surface area contributed by atoms with E-state index in [9.17, 15) is 4.79 Å². The zero-order valence-corrected chi connectivity index (χ0v) is 14.5. The monoisotopic (exact) mass is 354 g/mol. The first-order chi connectivity index (χ1) is 12.8. The Bertz CT molecular complexity index is 774. The summed E-state index contributed by atoms with van der Waals surface area (Å²) in [6.07, 6.45) is -0.659. The lowest BCUT2D eigenvalue weighted by Crippen LogP contribution is -2.40. The second kappa shape index (κ2) is 7.76. The quantitative estimate of drug-likeness (QED) is 0.913. The van der Waals surface area contributed by atoms with Crippen molar-refractivity contribution in [1.29, 1.82) is 0 Å². The summed E-state index contributed by atoms with van der Waals surface area (Å²) in [5.41, 5.74) is 1.93. The van der Waals surface area contributed by atoms with E-state index in [1.807, 2.05) is 36.4 Å². The normalized spacial score (nSPS) is 19.8. The summed E-state index contributed by atoms with van der Waals surface area (Å²) >= 11 is 0. The first-order valence-corrected chi connectivity index (χ1v) is 8.86. The van der Waals surface area contributed by atoms with Crippen LogP contribution in [-0.4, -0.2) is 49.8 Å². The van der Waals surface area contributed by atoms with Crippen molar-refractivity contribution in [2.75, 3.05) is 38.2 Å². The molecule has 2 aliphatic heterocycles. The van der Waals surface area contributed by atoms with Crippen molar-refractivity contribution >= 4 is 11.6 Å². The smallest absolute Gasteiger partial charge is 0.269 e. The highest BCUT2D eigenvalue weighted by Gasteiger charge is 2.27. The number of rotatable bonds is 4. The number of hydrogen-bond acceptors (Lipinski definition) is 5. The predicted octanol–water partition coefficient (Wildman–Crippen LogP) is 2.30. The van der Waals surface area contributed by atoms with Crippen LogP contribution in [0.5, 0.6) is 11.5 Å². The number of anilines is 1. The number of nitrogens with one attached hydrogen (secondary N) is 1. The van der Waals surface area contributed by atoms with Crippen molar-refractivity contribution in [2.24, 2.45) is 0 Å². The van der Waals surface area contributed by atoms with Gasteiger partial charge in [-0.25, -0.2) is 0 Å². The average Bonchev–Trinajstić information content (AvgIpc) is 2.68. The van der Waals surface area contributed by atoms with Gasteiger partial charge in [0.05, 0.1) is 13.2 Å². The summed E-state index contributed by atoms with van der Waals surface area (Å²) in [7, 11) is 0. The van der Waals surface area contributed by atoms with Crippen LogP contribution < -0.4 is 14.8 Å². The Balaban J connectivity index is 1.38. The molecule has 0 spiro atoms.